The number of carbonyl (C=O) groups is 2. The summed E-state index contributed by atoms with van der Waals surface area (Å²) in [5.41, 5.74) is 2.08. The molecule has 9 heteroatoms. The van der Waals surface area contributed by atoms with Crippen molar-refractivity contribution in [1.82, 2.24) is 14.5 Å². The van der Waals surface area contributed by atoms with E-state index < -0.39 is 0 Å². The standard InChI is InChI=1S/C23H25ClN4O3S/c1-14(2)28-22(31)18-10-7-16(24)11-19(18)26-23(28)32-13-21(30)27(4)12-20(29)25-17-8-5-15(3)6-9-17/h5-11,14H,12-13H2,1-4H3,(H,25,29). The van der Waals surface area contributed by atoms with Crippen molar-refractivity contribution < 1.29 is 9.59 Å². The van der Waals surface area contributed by atoms with Gasteiger partial charge in [-0.1, -0.05) is 41.1 Å². The summed E-state index contributed by atoms with van der Waals surface area (Å²) < 4.78 is 1.57. The lowest BCUT2D eigenvalue weighted by Crippen LogP contribution is -2.36. The molecule has 0 bridgehead atoms. The van der Waals surface area contributed by atoms with Gasteiger partial charge in [0.15, 0.2) is 5.16 Å². The van der Waals surface area contributed by atoms with Crippen LogP contribution in [0.2, 0.25) is 5.02 Å². The number of carbonyl (C=O) groups excluding carboxylic acids is 2. The summed E-state index contributed by atoms with van der Waals surface area (Å²) in [6, 6.07) is 12.2. The lowest BCUT2D eigenvalue weighted by molar-refractivity contribution is -0.131. The summed E-state index contributed by atoms with van der Waals surface area (Å²) in [6.07, 6.45) is 0. The minimum Gasteiger partial charge on any atom is -0.336 e. The van der Waals surface area contributed by atoms with Gasteiger partial charge in [-0.05, 0) is 51.1 Å². The van der Waals surface area contributed by atoms with E-state index in [4.69, 9.17) is 11.6 Å². The minimum absolute atomic E-state index is 0.0412. The molecule has 0 aliphatic carbocycles. The third-order valence-electron chi connectivity index (χ3n) is 4.81. The molecule has 3 rings (SSSR count). The van der Waals surface area contributed by atoms with Gasteiger partial charge in [-0.3, -0.25) is 19.0 Å². The molecule has 1 N–H and O–H groups in total. The summed E-state index contributed by atoms with van der Waals surface area (Å²) >= 11 is 7.22. The Bertz CT molecular complexity index is 1210. The summed E-state index contributed by atoms with van der Waals surface area (Å²) in [5, 5.41) is 4.17. The van der Waals surface area contributed by atoms with Crippen molar-refractivity contribution in [1.29, 1.82) is 0 Å². The van der Waals surface area contributed by atoms with Crippen LogP contribution in [0, 0.1) is 6.92 Å². The predicted molar refractivity (Wildman–Crippen MR) is 130 cm³/mol. The molecule has 168 valence electrons. The molecule has 0 fully saturated rings. The third-order valence-corrected chi connectivity index (χ3v) is 5.99. The molecule has 2 amide bonds. The van der Waals surface area contributed by atoms with Crippen molar-refractivity contribution in [3.63, 3.8) is 0 Å². The molecule has 0 radical (unpaired) electrons. The Kier molecular flexibility index (Phi) is 7.58. The highest BCUT2D eigenvalue weighted by Crippen LogP contribution is 2.23. The molecule has 0 spiro atoms. The molecule has 32 heavy (non-hydrogen) atoms. The zero-order valence-electron chi connectivity index (χ0n) is 18.4. The lowest BCUT2D eigenvalue weighted by atomic mass is 10.2. The van der Waals surface area contributed by atoms with E-state index in [1.54, 1.807) is 29.8 Å². The maximum Gasteiger partial charge on any atom is 0.262 e. The van der Waals surface area contributed by atoms with Crippen molar-refractivity contribution in [2.75, 3.05) is 24.7 Å². The largest absolute Gasteiger partial charge is 0.336 e. The van der Waals surface area contributed by atoms with Gasteiger partial charge < -0.3 is 10.2 Å². The fourth-order valence-electron chi connectivity index (χ4n) is 3.09. The molecule has 0 saturated carbocycles. The summed E-state index contributed by atoms with van der Waals surface area (Å²) in [7, 11) is 1.57. The Morgan fingerprint density at radius 3 is 2.53 bits per heavy atom. The number of rotatable bonds is 7. The number of hydrogen-bond acceptors (Lipinski definition) is 5. The molecule has 7 nitrogen and oxygen atoms in total. The average Bonchev–Trinajstić information content (AvgIpc) is 2.72. The van der Waals surface area contributed by atoms with Gasteiger partial charge >= 0.3 is 0 Å². The number of aryl methyl sites for hydroxylation is 1. The molecular formula is C23H25ClN4O3S. The van der Waals surface area contributed by atoms with Crippen molar-refractivity contribution >= 4 is 51.8 Å². The average molecular weight is 473 g/mol. The smallest absolute Gasteiger partial charge is 0.262 e. The molecule has 0 atom stereocenters. The Labute approximate surface area is 195 Å². The fourth-order valence-corrected chi connectivity index (χ4v) is 4.32. The van der Waals surface area contributed by atoms with E-state index >= 15 is 0 Å². The number of benzene rings is 2. The first-order valence-corrected chi connectivity index (χ1v) is 11.5. The Balaban J connectivity index is 1.69. The maximum atomic E-state index is 12.9. The van der Waals surface area contributed by atoms with Crippen molar-refractivity contribution in [3.05, 3.63) is 63.4 Å². The Morgan fingerprint density at radius 1 is 1.19 bits per heavy atom. The quantitative estimate of drug-likeness (QED) is 0.413. The normalized spacial score (nSPS) is 11.1. The second-order valence-electron chi connectivity index (χ2n) is 7.78. The number of halogens is 1. The minimum atomic E-state index is -0.285. The molecule has 0 aliphatic rings. The molecule has 3 aromatic rings. The highest BCUT2D eigenvalue weighted by atomic mass is 35.5. The van der Waals surface area contributed by atoms with Gasteiger partial charge in [0.05, 0.1) is 23.2 Å². The van der Waals surface area contributed by atoms with Crippen LogP contribution in [-0.4, -0.2) is 45.6 Å². The van der Waals surface area contributed by atoms with E-state index in [0.717, 1.165) is 5.56 Å². The predicted octanol–water partition coefficient (Wildman–Crippen LogP) is 4.13. The van der Waals surface area contributed by atoms with Gasteiger partial charge in [-0.25, -0.2) is 4.98 Å². The molecular weight excluding hydrogens is 448 g/mol. The van der Waals surface area contributed by atoms with Crippen LogP contribution in [0.15, 0.2) is 52.4 Å². The molecule has 0 saturated heterocycles. The van der Waals surface area contributed by atoms with Crippen LogP contribution in [0.25, 0.3) is 10.9 Å². The SMILES string of the molecule is Cc1ccc(NC(=O)CN(C)C(=O)CSc2nc3cc(Cl)ccc3c(=O)n2C(C)C)cc1. The van der Waals surface area contributed by atoms with E-state index in [9.17, 15) is 14.4 Å². The van der Waals surface area contributed by atoms with Crippen LogP contribution in [0.5, 0.6) is 0 Å². The van der Waals surface area contributed by atoms with Crippen molar-refractivity contribution in [2.45, 2.75) is 32.0 Å². The van der Waals surface area contributed by atoms with Gasteiger partial charge in [0, 0.05) is 23.8 Å². The summed E-state index contributed by atoms with van der Waals surface area (Å²) in [5.74, 6) is -0.489. The number of aromatic nitrogens is 2. The number of likely N-dealkylation sites (N-methyl/N-ethyl adjacent to an activating group) is 1. The van der Waals surface area contributed by atoms with Crippen LogP contribution < -0.4 is 10.9 Å². The first kappa shape index (κ1) is 23.8. The van der Waals surface area contributed by atoms with E-state index in [-0.39, 0.29) is 35.7 Å². The molecule has 0 unspecified atom stereocenters. The van der Waals surface area contributed by atoms with Crippen LogP contribution in [0.4, 0.5) is 5.69 Å². The highest BCUT2D eigenvalue weighted by molar-refractivity contribution is 7.99. The zero-order valence-corrected chi connectivity index (χ0v) is 20.0. The second-order valence-corrected chi connectivity index (χ2v) is 9.16. The first-order valence-electron chi connectivity index (χ1n) is 10.1. The summed E-state index contributed by atoms with van der Waals surface area (Å²) in [6.45, 7) is 5.66. The van der Waals surface area contributed by atoms with Crippen LogP contribution in [0.1, 0.15) is 25.5 Å². The zero-order chi connectivity index (χ0) is 23.4. The number of anilines is 1. The van der Waals surface area contributed by atoms with Gasteiger partial charge in [0.2, 0.25) is 11.8 Å². The van der Waals surface area contributed by atoms with Crippen molar-refractivity contribution in [2.24, 2.45) is 0 Å². The van der Waals surface area contributed by atoms with Gasteiger partial charge in [-0.15, -0.1) is 0 Å². The van der Waals surface area contributed by atoms with Crippen molar-refractivity contribution in [3.8, 4) is 0 Å². The maximum absolute atomic E-state index is 12.9. The number of amides is 2. The molecule has 0 aliphatic heterocycles. The number of nitrogens with one attached hydrogen (secondary N) is 1. The number of hydrogen-bond donors (Lipinski definition) is 1. The first-order chi connectivity index (χ1) is 15.2. The van der Waals surface area contributed by atoms with Gasteiger partial charge in [0.1, 0.15) is 0 Å². The number of fused-ring (bicyclic) bond motifs is 1. The lowest BCUT2D eigenvalue weighted by Gasteiger charge is -2.19. The Morgan fingerprint density at radius 2 is 1.88 bits per heavy atom. The van der Waals surface area contributed by atoms with Gasteiger partial charge in [0.25, 0.3) is 5.56 Å². The third kappa shape index (κ3) is 5.69. The highest BCUT2D eigenvalue weighted by Gasteiger charge is 2.18. The van der Waals surface area contributed by atoms with Crippen LogP contribution >= 0.6 is 23.4 Å². The fraction of sp³-hybridized carbons (Fsp3) is 0.304. The number of thioether (sulfide) groups is 1. The number of nitrogens with zero attached hydrogens (tertiary/aromatic N) is 3. The van der Waals surface area contributed by atoms with Gasteiger partial charge in [-0.2, -0.15) is 0 Å². The van der Waals surface area contributed by atoms with E-state index in [1.165, 1.54) is 16.7 Å². The molecule has 1 heterocycles. The monoisotopic (exact) mass is 472 g/mol. The second kappa shape index (κ2) is 10.2. The topological polar surface area (TPSA) is 84.3 Å². The Hall–Kier alpha value is -2.84. The van der Waals surface area contributed by atoms with Crippen LogP contribution in [-0.2, 0) is 9.59 Å². The summed E-state index contributed by atoms with van der Waals surface area (Å²) in [4.78, 5) is 43.7. The van der Waals surface area contributed by atoms with E-state index in [2.05, 4.69) is 10.3 Å². The van der Waals surface area contributed by atoms with Crippen LogP contribution in [0.3, 0.4) is 0 Å². The van der Waals surface area contributed by atoms with E-state index in [0.29, 0.717) is 26.8 Å². The molecule has 1 aromatic heterocycles. The van der Waals surface area contributed by atoms with E-state index in [1.807, 2.05) is 45.0 Å². The molecule has 2 aromatic carbocycles.